The van der Waals surface area contributed by atoms with Crippen molar-refractivity contribution < 1.29 is 13.5 Å². The van der Waals surface area contributed by atoms with Gasteiger partial charge in [0.15, 0.2) is 21.0 Å². The minimum atomic E-state index is -0.913. The smallest absolute Gasteiger partial charge is 0.251 e. The van der Waals surface area contributed by atoms with Crippen molar-refractivity contribution in [3.8, 4) is 10.6 Å². The fourth-order valence-electron chi connectivity index (χ4n) is 2.97. The van der Waals surface area contributed by atoms with E-state index in [0.29, 0.717) is 10.0 Å². The lowest BCUT2D eigenvalue weighted by atomic mass is 10.1. The molecule has 0 spiro atoms. The summed E-state index contributed by atoms with van der Waals surface area (Å²) in [7, 11) is 0.462. The first-order valence-corrected chi connectivity index (χ1v) is 10.3. The van der Waals surface area contributed by atoms with Crippen molar-refractivity contribution >= 4 is 53.8 Å². The number of methoxy groups -OCH3 is 1. The van der Waals surface area contributed by atoms with Crippen LogP contribution in [0.2, 0.25) is 10.0 Å². The van der Waals surface area contributed by atoms with E-state index < -0.39 is 22.1 Å². The van der Waals surface area contributed by atoms with Crippen LogP contribution in [0.3, 0.4) is 0 Å². The molecule has 0 unspecified atom stereocenters. The topological polar surface area (TPSA) is 9.23 Å². The first-order chi connectivity index (χ1) is 13.0. The Kier molecular flexibility index (Phi) is 5.89. The number of hydrogen-bond donors (Lipinski definition) is 0. The van der Waals surface area contributed by atoms with Crippen LogP contribution >= 0.6 is 33.7 Å². The van der Waals surface area contributed by atoms with Crippen molar-refractivity contribution in [1.82, 2.24) is 0 Å². The predicted octanol–water partition coefficient (Wildman–Crippen LogP) is 8.35. The van der Waals surface area contributed by atoms with Crippen LogP contribution in [0.1, 0.15) is 13.8 Å². The fraction of sp³-hybridized carbons (Fsp3) is 0.143. The first-order valence-electron chi connectivity index (χ1n) is 8.36. The Labute approximate surface area is 169 Å². The van der Waals surface area contributed by atoms with Crippen molar-refractivity contribution in [3.05, 3.63) is 70.2 Å². The maximum atomic E-state index is 14.7. The number of benzene rings is 3. The van der Waals surface area contributed by atoms with Gasteiger partial charge in [-0.2, -0.15) is 0 Å². The summed E-state index contributed by atoms with van der Waals surface area (Å²) in [4.78, 5) is 0.0189. The summed E-state index contributed by atoms with van der Waals surface area (Å²) in [5.41, 5.74) is 0. The number of hydrogen-bond acceptors (Lipinski definition) is 1. The van der Waals surface area contributed by atoms with Gasteiger partial charge in [-0.1, -0.05) is 37.0 Å². The molecule has 4 rings (SSSR count). The molecule has 1 nitrogen and oxygen atoms in total. The molecule has 0 radical (unpaired) electrons. The molecule has 4 aromatic rings. The monoisotopic (exact) mass is 425 g/mol. The molecular formula is C21H17Cl2F2OS+. The van der Waals surface area contributed by atoms with Gasteiger partial charge in [-0.05, 0) is 24.3 Å². The molecule has 0 N–H and O–H groups in total. The second kappa shape index (κ2) is 8.01. The Morgan fingerprint density at radius 3 is 1.63 bits per heavy atom. The van der Waals surface area contributed by atoms with Gasteiger partial charge in [-0.15, -0.1) is 0 Å². The minimum Gasteiger partial charge on any atom is -0.497 e. The molecule has 1 aromatic heterocycles. The third kappa shape index (κ3) is 3.49. The molecule has 6 heteroatoms. The maximum absolute atomic E-state index is 14.7. The van der Waals surface area contributed by atoms with Crippen LogP contribution in [0.25, 0.3) is 25.1 Å². The highest BCUT2D eigenvalue weighted by molar-refractivity contribution is 7.50. The van der Waals surface area contributed by atoms with Crippen LogP contribution in [-0.2, 0) is 0 Å². The van der Waals surface area contributed by atoms with E-state index in [4.69, 9.17) is 27.9 Å². The van der Waals surface area contributed by atoms with E-state index in [1.165, 1.54) is 19.2 Å². The summed E-state index contributed by atoms with van der Waals surface area (Å²) in [5, 5.41) is 2.82. The third-order valence-electron chi connectivity index (χ3n) is 4.02. The lowest BCUT2D eigenvalue weighted by Gasteiger charge is -2.02. The standard InChI is InChI=1S/C19H11Cl2F2OS.C2H6/c1-24-12-8-15(22)19(16(23)9-12)25-17-4-2-10(20)6-13(17)14-7-11(21)3-5-18(14)25;1-2/h2-9H,1H3;1-2H3/q+1;. The van der Waals surface area contributed by atoms with Gasteiger partial charge in [0, 0.05) is 55.6 Å². The van der Waals surface area contributed by atoms with Crippen LogP contribution in [-0.4, -0.2) is 7.11 Å². The van der Waals surface area contributed by atoms with Crippen molar-refractivity contribution in [2.75, 3.05) is 7.11 Å². The number of halogens is 4. The summed E-state index contributed by atoms with van der Waals surface area (Å²) in [6.07, 6.45) is 0. The molecule has 0 aliphatic rings. The minimum absolute atomic E-state index is 0.0189. The quantitative estimate of drug-likeness (QED) is 0.293. The average Bonchev–Trinajstić information content (AvgIpc) is 2.96. The van der Waals surface area contributed by atoms with Gasteiger partial charge in [0.05, 0.1) is 7.11 Å². The molecule has 0 bridgehead atoms. The lowest BCUT2D eigenvalue weighted by molar-refractivity contribution is 0.407. The largest absolute Gasteiger partial charge is 0.497 e. The second-order valence-corrected chi connectivity index (χ2v) is 8.28. The SMILES string of the molecule is CC.COc1cc(F)c(-[s+]2c3ccc(Cl)cc3c3cc(Cl)ccc32)c(F)c1. The molecule has 0 saturated heterocycles. The predicted molar refractivity (Wildman–Crippen MR) is 113 cm³/mol. The molecule has 0 fully saturated rings. The summed E-state index contributed by atoms with van der Waals surface area (Å²) < 4.78 is 36.1. The molecule has 0 saturated carbocycles. The highest BCUT2D eigenvalue weighted by Gasteiger charge is 2.30. The van der Waals surface area contributed by atoms with Gasteiger partial charge in [0.25, 0.3) is 4.90 Å². The molecular weight excluding hydrogens is 409 g/mol. The van der Waals surface area contributed by atoms with Crippen LogP contribution in [0.4, 0.5) is 8.78 Å². The summed E-state index contributed by atoms with van der Waals surface area (Å²) in [6.45, 7) is 4.00. The Hall–Kier alpha value is -1.88. The van der Waals surface area contributed by atoms with Gasteiger partial charge < -0.3 is 4.74 Å². The van der Waals surface area contributed by atoms with E-state index >= 15 is 0 Å². The zero-order valence-corrected chi connectivity index (χ0v) is 17.3. The zero-order valence-electron chi connectivity index (χ0n) is 14.9. The number of thiophene rings is 1. The normalized spacial score (nSPS) is 10.8. The van der Waals surface area contributed by atoms with Crippen LogP contribution in [0.15, 0.2) is 48.5 Å². The van der Waals surface area contributed by atoms with E-state index in [9.17, 15) is 8.78 Å². The van der Waals surface area contributed by atoms with E-state index in [2.05, 4.69) is 0 Å². The van der Waals surface area contributed by atoms with Gasteiger partial charge in [0.2, 0.25) is 0 Å². The highest BCUT2D eigenvalue weighted by Crippen LogP contribution is 2.51. The molecule has 0 amide bonds. The molecule has 140 valence electrons. The van der Waals surface area contributed by atoms with Crippen molar-refractivity contribution in [2.45, 2.75) is 13.8 Å². The Balaban J connectivity index is 0.00000102. The van der Waals surface area contributed by atoms with Crippen LogP contribution in [0, 0.1) is 11.6 Å². The summed E-state index contributed by atoms with van der Waals surface area (Å²) in [6, 6.07) is 13.1. The second-order valence-electron chi connectivity index (χ2n) is 5.51. The van der Waals surface area contributed by atoms with Gasteiger partial charge in [-0.25, -0.2) is 8.78 Å². The number of fused-ring (bicyclic) bond motifs is 3. The zero-order chi connectivity index (χ0) is 19.7. The lowest BCUT2D eigenvalue weighted by Crippen LogP contribution is -1.90. The average molecular weight is 426 g/mol. The Morgan fingerprint density at radius 1 is 0.778 bits per heavy atom. The van der Waals surface area contributed by atoms with Gasteiger partial charge in [0.1, 0.15) is 5.75 Å². The Bertz CT molecular complexity index is 1060. The Morgan fingerprint density at radius 2 is 1.22 bits per heavy atom. The van der Waals surface area contributed by atoms with Gasteiger partial charge >= 0.3 is 0 Å². The van der Waals surface area contributed by atoms with Gasteiger partial charge in [-0.3, -0.25) is 0 Å². The third-order valence-corrected chi connectivity index (χ3v) is 6.88. The fourth-order valence-corrected chi connectivity index (χ4v) is 5.68. The van der Waals surface area contributed by atoms with E-state index in [0.717, 1.165) is 20.2 Å². The molecule has 3 aromatic carbocycles. The summed E-state index contributed by atoms with van der Waals surface area (Å²) >= 11 is 12.3. The maximum Gasteiger partial charge on any atom is 0.251 e. The van der Waals surface area contributed by atoms with Crippen molar-refractivity contribution in [1.29, 1.82) is 0 Å². The van der Waals surface area contributed by atoms with Crippen molar-refractivity contribution in [3.63, 3.8) is 0 Å². The van der Waals surface area contributed by atoms with Crippen LogP contribution < -0.4 is 4.74 Å². The molecule has 27 heavy (non-hydrogen) atoms. The number of rotatable bonds is 2. The first kappa shape index (κ1) is 19.9. The van der Waals surface area contributed by atoms with E-state index in [1.807, 2.05) is 26.0 Å². The molecule has 0 aliphatic carbocycles. The molecule has 0 aliphatic heterocycles. The van der Waals surface area contributed by atoms with E-state index in [-0.39, 0.29) is 10.6 Å². The number of ether oxygens (including phenoxy) is 1. The molecule has 0 atom stereocenters. The van der Waals surface area contributed by atoms with Crippen molar-refractivity contribution in [2.24, 2.45) is 0 Å². The highest BCUT2D eigenvalue weighted by atomic mass is 35.5. The summed E-state index contributed by atoms with van der Waals surface area (Å²) in [5.74, 6) is -1.12. The van der Waals surface area contributed by atoms with E-state index in [1.54, 1.807) is 24.3 Å². The van der Waals surface area contributed by atoms with Crippen LogP contribution in [0.5, 0.6) is 5.75 Å². The molecule has 1 heterocycles.